The van der Waals surface area contributed by atoms with Crippen LogP contribution in [0.2, 0.25) is 0 Å². The Bertz CT molecular complexity index is 351. The Labute approximate surface area is 79.2 Å². The zero-order valence-corrected chi connectivity index (χ0v) is 7.10. The van der Waals surface area contributed by atoms with Crippen LogP contribution in [0.25, 0.3) is 0 Å². The van der Waals surface area contributed by atoms with Crippen molar-refractivity contribution < 1.29 is 24.9 Å². The second kappa shape index (κ2) is 3.89. The smallest absolute Gasteiger partial charge is 0.336 e. The van der Waals surface area contributed by atoms with Crippen LogP contribution in [0.15, 0.2) is 18.2 Å². The van der Waals surface area contributed by atoms with Gasteiger partial charge in [0.25, 0.3) is 0 Å². The van der Waals surface area contributed by atoms with E-state index in [0.717, 1.165) is 0 Å². The Morgan fingerprint density at radius 3 is 1.79 bits per heavy atom. The topological polar surface area (TPSA) is 94.8 Å². The van der Waals surface area contributed by atoms with E-state index in [-0.39, 0.29) is 16.7 Å². The molecule has 0 aromatic heterocycles. The van der Waals surface area contributed by atoms with Crippen molar-refractivity contribution in [3.05, 3.63) is 34.9 Å². The van der Waals surface area contributed by atoms with E-state index < -0.39 is 18.5 Å². The molecular formula is C9H8O5. The van der Waals surface area contributed by atoms with Crippen molar-refractivity contribution in [3.8, 4) is 0 Å². The summed E-state index contributed by atoms with van der Waals surface area (Å²) in [5, 5.41) is 26.3. The van der Waals surface area contributed by atoms with Gasteiger partial charge in [-0.3, -0.25) is 0 Å². The van der Waals surface area contributed by atoms with Crippen LogP contribution in [0.4, 0.5) is 0 Å². The summed E-state index contributed by atoms with van der Waals surface area (Å²) in [6, 6.07) is 3.83. The van der Waals surface area contributed by atoms with Gasteiger partial charge in [-0.15, -0.1) is 0 Å². The quantitative estimate of drug-likeness (QED) is 0.657. The van der Waals surface area contributed by atoms with Crippen LogP contribution in [0.1, 0.15) is 26.3 Å². The van der Waals surface area contributed by atoms with E-state index in [1.54, 1.807) is 0 Å². The highest BCUT2D eigenvalue weighted by Gasteiger charge is 2.16. The maximum atomic E-state index is 10.7. The van der Waals surface area contributed by atoms with Gasteiger partial charge in [-0.05, 0) is 12.1 Å². The Balaban J connectivity index is 3.39. The first-order chi connectivity index (χ1) is 6.57. The first kappa shape index (κ1) is 10.2. The monoisotopic (exact) mass is 196 g/mol. The van der Waals surface area contributed by atoms with Crippen LogP contribution < -0.4 is 0 Å². The molecule has 0 aliphatic carbocycles. The van der Waals surface area contributed by atoms with Gasteiger partial charge in [-0.2, -0.15) is 0 Å². The van der Waals surface area contributed by atoms with Crippen molar-refractivity contribution in [3.63, 3.8) is 0 Å². The lowest BCUT2D eigenvalue weighted by atomic mass is 10.0. The molecule has 0 bridgehead atoms. The van der Waals surface area contributed by atoms with Crippen molar-refractivity contribution in [1.29, 1.82) is 0 Å². The predicted octanol–water partition coefficient (Wildman–Crippen LogP) is 0.575. The van der Waals surface area contributed by atoms with E-state index in [0.29, 0.717) is 0 Å². The number of rotatable bonds is 3. The largest absolute Gasteiger partial charge is 0.478 e. The molecule has 0 unspecified atom stereocenters. The van der Waals surface area contributed by atoms with E-state index >= 15 is 0 Å². The lowest BCUT2D eigenvalue weighted by molar-refractivity contribution is 0.0691. The molecule has 0 fully saturated rings. The number of benzene rings is 1. The fourth-order valence-electron chi connectivity index (χ4n) is 1.16. The maximum absolute atomic E-state index is 10.7. The molecule has 0 heterocycles. The summed E-state index contributed by atoms with van der Waals surface area (Å²) in [4.78, 5) is 21.3. The van der Waals surface area contributed by atoms with Gasteiger partial charge in [0.15, 0.2) is 0 Å². The van der Waals surface area contributed by atoms with Crippen LogP contribution in [0, 0.1) is 0 Å². The standard InChI is InChI=1S/C9H8O5/c10-4-7-5(8(11)12)2-1-3-6(7)9(13)14/h1-3,10H,4H2,(H,11,12)(H,13,14). The van der Waals surface area contributed by atoms with E-state index in [2.05, 4.69) is 0 Å². The van der Waals surface area contributed by atoms with E-state index in [1.165, 1.54) is 18.2 Å². The number of aliphatic hydroxyl groups is 1. The summed E-state index contributed by atoms with van der Waals surface area (Å²) in [6.45, 7) is -0.607. The van der Waals surface area contributed by atoms with E-state index in [1.807, 2.05) is 0 Å². The number of aliphatic hydroxyl groups excluding tert-OH is 1. The molecule has 74 valence electrons. The lowest BCUT2D eigenvalue weighted by Gasteiger charge is -2.05. The highest BCUT2D eigenvalue weighted by atomic mass is 16.4. The molecular weight excluding hydrogens is 188 g/mol. The van der Waals surface area contributed by atoms with E-state index in [9.17, 15) is 9.59 Å². The zero-order chi connectivity index (χ0) is 10.7. The molecule has 0 radical (unpaired) electrons. The highest BCUT2D eigenvalue weighted by Crippen LogP contribution is 2.15. The van der Waals surface area contributed by atoms with Crippen molar-refractivity contribution in [2.45, 2.75) is 6.61 Å². The third kappa shape index (κ3) is 1.72. The minimum absolute atomic E-state index is 0.0764. The highest BCUT2D eigenvalue weighted by molar-refractivity contribution is 5.96. The van der Waals surface area contributed by atoms with Gasteiger partial charge < -0.3 is 15.3 Å². The summed E-state index contributed by atoms with van der Waals surface area (Å²) in [5.74, 6) is -2.51. The number of carboxylic acids is 2. The van der Waals surface area contributed by atoms with Gasteiger partial charge in [0.05, 0.1) is 17.7 Å². The molecule has 0 spiro atoms. The van der Waals surface area contributed by atoms with Gasteiger partial charge >= 0.3 is 11.9 Å². The Kier molecular flexibility index (Phi) is 2.83. The first-order valence-electron chi connectivity index (χ1n) is 3.77. The van der Waals surface area contributed by atoms with Gasteiger partial charge in [-0.1, -0.05) is 6.07 Å². The predicted molar refractivity (Wildman–Crippen MR) is 46.3 cm³/mol. The summed E-state index contributed by atoms with van der Waals surface area (Å²) >= 11 is 0. The second-order valence-electron chi connectivity index (χ2n) is 2.60. The van der Waals surface area contributed by atoms with Crippen molar-refractivity contribution in [1.82, 2.24) is 0 Å². The van der Waals surface area contributed by atoms with Crippen LogP contribution in [-0.2, 0) is 6.61 Å². The molecule has 1 aromatic rings. The number of hydrogen-bond donors (Lipinski definition) is 3. The number of aromatic carboxylic acids is 2. The average molecular weight is 196 g/mol. The Morgan fingerprint density at radius 2 is 1.50 bits per heavy atom. The summed E-state index contributed by atoms with van der Waals surface area (Å²) in [7, 11) is 0. The van der Waals surface area contributed by atoms with Crippen molar-refractivity contribution in [2.24, 2.45) is 0 Å². The normalized spacial score (nSPS) is 9.79. The second-order valence-corrected chi connectivity index (χ2v) is 2.60. The lowest BCUT2D eigenvalue weighted by Crippen LogP contribution is -2.09. The molecule has 5 heteroatoms. The maximum Gasteiger partial charge on any atom is 0.336 e. The number of carbonyl (C=O) groups is 2. The molecule has 0 amide bonds. The molecule has 0 aliphatic rings. The molecule has 14 heavy (non-hydrogen) atoms. The summed E-state index contributed by atoms with van der Waals surface area (Å²) in [5.41, 5.74) is -0.452. The third-order valence-electron chi connectivity index (χ3n) is 1.79. The fourth-order valence-corrected chi connectivity index (χ4v) is 1.16. The SMILES string of the molecule is O=C(O)c1cccc(C(=O)O)c1CO. The minimum atomic E-state index is -1.25. The number of hydrogen-bond acceptors (Lipinski definition) is 3. The molecule has 0 aliphatic heterocycles. The van der Waals surface area contributed by atoms with Gasteiger partial charge in [0.1, 0.15) is 0 Å². The third-order valence-corrected chi connectivity index (χ3v) is 1.79. The Hall–Kier alpha value is -1.88. The van der Waals surface area contributed by atoms with Crippen LogP contribution in [0.3, 0.4) is 0 Å². The van der Waals surface area contributed by atoms with Crippen LogP contribution in [0.5, 0.6) is 0 Å². The summed E-state index contributed by atoms with van der Waals surface area (Å²) < 4.78 is 0. The molecule has 1 rings (SSSR count). The summed E-state index contributed by atoms with van der Waals surface area (Å²) in [6.07, 6.45) is 0. The van der Waals surface area contributed by atoms with Gasteiger partial charge in [0, 0.05) is 5.56 Å². The van der Waals surface area contributed by atoms with Crippen LogP contribution >= 0.6 is 0 Å². The minimum Gasteiger partial charge on any atom is -0.478 e. The zero-order valence-electron chi connectivity index (χ0n) is 7.10. The number of carboxylic acid groups (broad SMARTS) is 2. The molecule has 5 nitrogen and oxygen atoms in total. The first-order valence-corrected chi connectivity index (χ1v) is 3.77. The fraction of sp³-hybridized carbons (Fsp3) is 0.111. The molecule has 3 N–H and O–H groups in total. The van der Waals surface area contributed by atoms with Crippen molar-refractivity contribution >= 4 is 11.9 Å². The average Bonchev–Trinajstić information content (AvgIpc) is 2.16. The Morgan fingerprint density at radius 1 is 1.07 bits per heavy atom. The van der Waals surface area contributed by atoms with Crippen LogP contribution in [-0.4, -0.2) is 27.3 Å². The molecule has 0 atom stereocenters. The van der Waals surface area contributed by atoms with Gasteiger partial charge in [0.2, 0.25) is 0 Å². The van der Waals surface area contributed by atoms with Crippen molar-refractivity contribution in [2.75, 3.05) is 0 Å². The van der Waals surface area contributed by atoms with E-state index in [4.69, 9.17) is 15.3 Å². The van der Waals surface area contributed by atoms with Gasteiger partial charge in [-0.25, -0.2) is 9.59 Å². The molecule has 0 saturated heterocycles. The molecule has 1 aromatic carbocycles. The molecule has 0 saturated carbocycles.